The van der Waals surface area contributed by atoms with E-state index in [1.54, 1.807) is 0 Å². The van der Waals surface area contributed by atoms with Gasteiger partial charge in [0, 0.05) is 6.42 Å². The van der Waals surface area contributed by atoms with E-state index in [0.29, 0.717) is 5.82 Å². The molecule has 9 heteroatoms. The molecule has 1 saturated carbocycles. The minimum absolute atomic E-state index is 0.00744. The van der Waals surface area contributed by atoms with Gasteiger partial charge in [-0.1, -0.05) is 12.1 Å². The van der Waals surface area contributed by atoms with Gasteiger partial charge in [-0.3, -0.25) is 5.10 Å². The second-order valence-corrected chi connectivity index (χ2v) is 5.22. The molecule has 1 heterocycles. The molecule has 0 amide bonds. The van der Waals surface area contributed by atoms with Gasteiger partial charge in [-0.05, 0) is 17.7 Å². The predicted molar refractivity (Wildman–Crippen MR) is 69.2 cm³/mol. The third-order valence-electron chi connectivity index (χ3n) is 3.72. The number of ether oxygens (including phenoxy) is 1. The van der Waals surface area contributed by atoms with Crippen LogP contribution >= 0.6 is 0 Å². The van der Waals surface area contributed by atoms with Crippen LogP contribution in [0.3, 0.4) is 0 Å². The van der Waals surface area contributed by atoms with Crippen molar-refractivity contribution in [2.45, 2.75) is 30.8 Å². The number of hydrogen-bond acceptors (Lipinski definition) is 4. The lowest BCUT2D eigenvalue weighted by Gasteiger charge is -2.44. The van der Waals surface area contributed by atoms with Gasteiger partial charge in [0.05, 0.1) is 11.5 Å². The van der Waals surface area contributed by atoms with Crippen LogP contribution < -0.4 is 0 Å². The Balaban J connectivity index is 1.72. The molecule has 1 aromatic heterocycles. The van der Waals surface area contributed by atoms with Crippen molar-refractivity contribution < 1.29 is 27.1 Å². The van der Waals surface area contributed by atoms with Crippen molar-refractivity contribution in [1.82, 2.24) is 15.2 Å². The van der Waals surface area contributed by atoms with Gasteiger partial charge in [0.25, 0.3) is 0 Å². The molecule has 0 aliphatic heterocycles. The van der Waals surface area contributed by atoms with Crippen LogP contribution in [0.5, 0.6) is 0 Å². The third-order valence-corrected chi connectivity index (χ3v) is 3.72. The standard InChI is InChI=1S/C14H11F4N3O2/c15-13(16)5-10(14(13,17)18)8-2-1-3-9(4-8)12(22)23-6-11-19-7-20-21-11/h1-4,7,10H,5-6H2,(H,19,20,21). The SMILES string of the molecule is O=C(OCc1ncn[nH]1)c1cccc(C2CC(F)(F)C2(F)F)c1. The first-order chi connectivity index (χ1) is 10.8. The Kier molecular flexibility index (Phi) is 3.57. The van der Waals surface area contributed by atoms with E-state index in [0.717, 1.165) is 6.07 Å². The van der Waals surface area contributed by atoms with Crippen molar-refractivity contribution in [2.24, 2.45) is 0 Å². The first-order valence-corrected chi connectivity index (χ1v) is 6.68. The summed E-state index contributed by atoms with van der Waals surface area (Å²) in [6.07, 6.45) is 0.291. The van der Waals surface area contributed by atoms with Gasteiger partial charge in [0.2, 0.25) is 0 Å². The van der Waals surface area contributed by atoms with Gasteiger partial charge in [-0.15, -0.1) is 0 Å². The summed E-state index contributed by atoms with van der Waals surface area (Å²) in [6, 6.07) is 5.16. The van der Waals surface area contributed by atoms with E-state index in [1.807, 2.05) is 0 Å². The van der Waals surface area contributed by atoms with Crippen LogP contribution in [-0.4, -0.2) is 33.0 Å². The van der Waals surface area contributed by atoms with E-state index in [9.17, 15) is 22.4 Å². The van der Waals surface area contributed by atoms with Crippen molar-refractivity contribution >= 4 is 5.97 Å². The highest BCUT2D eigenvalue weighted by atomic mass is 19.3. The Bertz CT molecular complexity index is 719. The Morgan fingerprint density at radius 1 is 1.35 bits per heavy atom. The van der Waals surface area contributed by atoms with E-state index in [1.165, 1.54) is 24.5 Å². The third kappa shape index (κ3) is 2.66. The van der Waals surface area contributed by atoms with Gasteiger partial charge in [-0.2, -0.15) is 22.7 Å². The molecule has 1 aliphatic carbocycles. The van der Waals surface area contributed by atoms with E-state index in [2.05, 4.69) is 15.2 Å². The van der Waals surface area contributed by atoms with Gasteiger partial charge < -0.3 is 4.74 Å². The zero-order valence-electron chi connectivity index (χ0n) is 11.6. The minimum atomic E-state index is -4.12. The Hall–Kier alpha value is -2.45. The zero-order chi connectivity index (χ0) is 16.7. The number of benzene rings is 1. The molecule has 1 aromatic carbocycles. The lowest BCUT2D eigenvalue weighted by Crippen LogP contribution is -2.57. The van der Waals surface area contributed by atoms with Gasteiger partial charge in [0.15, 0.2) is 12.4 Å². The topological polar surface area (TPSA) is 67.9 Å². The number of carbonyl (C=O) groups excluding carboxylic acids is 1. The summed E-state index contributed by atoms with van der Waals surface area (Å²) in [5, 5.41) is 6.07. The number of carbonyl (C=O) groups is 1. The Morgan fingerprint density at radius 2 is 2.13 bits per heavy atom. The molecule has 1 fully saturated rings. The molecule has 1 N–H and O–H groups in total. The number of aromatic amines is 1. The zero-order valence-corrected chi connectivity index (χ0v) is 11.6. The highest BCUT2D eigenvalue weighted by Crippen LogP contribution is 2.59. The van der Waals surface area contributed by atoms with Crippen LogP contribution in [0.25, 0.3) is 0 Å². The van der Waals surface area contributed by atoms with Crippen molar-refractivity contribution in [3.05, 3.63) is 47.5 Å². The average molecular weight is 329 g/mol. The summed E-state index contributed by atoms with van der Waals surface area (Å²) in [5.74, 6) is -10.2. The van der Waals surface area contributed by atoms with Gasteiger partial charge in [-0.25, -0.2) is 9.78 Å². The average Bonchev–Trinajstić information content (AvgIpc) is 3.04. The number of hydrogen-bond donors (Lipinski definition) is 1. The van der Waals surface area contributed by atoms with Crippen LogP contribution in [0.1, 0.15) is 34.1 Å². The van der Waals surface area contributed by atoms with Crippen molar-refractivity contribution in [3.8, 4) is 0 Å². The maximum absolute atomic E-state index is 13.4. The Labute approximate surface area is 127 Å². The highest BCUT2D eigenvalue weighted by Gasteiger charge is 2.71. The van der Waals surface area contributed by atoms with Crippen LogP contribution in [0.2, 0.25) is 0 Å². The first kappa shape index (κ1) is 15.4. The van der Waals surface area contributed by atoms with E-state index < -0.39 is 30.2 Å². The summed E-state index contributed by atoms with van der Waals surface area (Å²) >= 11 is 0. The lowest BCUT2D eigenvalue weighted by atomic mass is 9.72. The molecule has 23 heavy (non-hydrogen) atoms. The number of aromatic nitrogens is 3. The van der Waals surface area contributed by atoms with Crippen molar-refractivity contribution in [2.75, 3.05) is 0 Å². The highest BCUT2D eigenvalue weighted by molar-refractivity contribution is 5.89. The molecule has 3 rings (SSSR count). The van der Waals surface area contributed by atoms with Gasteiger partial charge >= 0.3 is 17.8 Å². The van der Waals surface area contributed by atoms with Crippen LogP contribution in [0.15, 0.2) is 30.6 Å². The number of alkyl halides is 4. The molecule has 122 valence electrons. The largest absolute Gasteiger partial charge is 0.454 e. The predicted octanol–water partition coefficient (Wildman–Crippen LogP) is 2.92. The van der Waals surface area contributed by atoms with Crippen LogP contribution in [0, 0.1) is 0 Å². The fraction of sp³-hybridized carbons (Fsp3) is 0.357. The molecule has 1 aliphatic rings. The number of nitrogens with zero attached hydrogens (tertiary/aromatic N) is 2. The lowest BCUT2D eigenvalue weighted by molar-refractivity contribution is -0.290. The number of rotatable bonds is 4. The summed E-state index contributed by atoms with van der Waals surface area (Å²) in [6.45, 7) is -0.166. The molecule has 0 saturated heterocycles. The van der Waals surface area contributed by atoms with E-state index in [-0.39, 0.29) is 17.7 Å². The number of esters is 1. The van der Waals surface area contributed by atoms with Crippen molar-refractivity contribution in [3.63, 3.8) is 0 Å². The number of H-pyrrole nitrogens is 1. The molecule has 0 radical (unpaired) electrons. The molecule has 1 atom stereocenters. The van der Waals surface area contributed by atoms with Crippen molar-refractivity contribution in [1.29, 1.82) is 0 Å². The number of nitrogens with one attached hydrogen (secondary N) is 1. The Morgan fingerprint density at radius 3 is 2.74 bits per heavy atom. The first-order valence-electron chi connectivity index (χ1n) is 6.68. The maximum atomic E-state index is 13.4. The minimum Gasteiger partial charge on any atom is -0.454 e. The molecule has 1 unspecified atom stereocenters. The monoisotopic (exact) mass is 329 g/mol. The maximum Gasteiger partial charge on any atom is 0.338 e. The van der Waals surface area contributed by atoms with Crippen LogP contribution in [0.4, 0.5) is 17.6 Å². The molecule has 0 spiro atoms. The van der Waals surface area contributed by atoms with Gasteiger partial charge in [0.1, 0.15) is 6.33 Å². The van der Waals surface area contributed by atoms with E-state index >= 15 is 0 Å². The van der Waals surface area contributed by atoms with E-state index in [4.69, 9.17) is 4.74 Å². The number of halogens is 4. The summed E-state index contributed by atoms with van der Waals surface area (Å²) in [7, 11) is 0. The summed E-state index contributed by atoms with van der Waals surface area (Å²) < 4.78 is 57.7. The molecular formula is C14H11F4N3O2. The summed E-state index contributed by atoms with van der Waals surface area (Å²) in [4.78, 5) is 15.6. The fourth-order valence-corrected chi connectivity index (χ4v) is 2.37. The summed E-state index contributed by atoms with van der Waals surface area (Å²) in [5.41, 5.74) is -0.0110. The molecular weight excluding hydrogens is 318 g/mol. The second kappa shape index (κ2) is 5.32. The molecule has 5 nitrogen and oxygen atoms in total. The molecule has 2 aromatic rings. The quantitative estimate of drug-likeness (QED) is 0.692. The normalized spacial score (nSPS) is 21.5. The second-order valence-electron chi connectivity index (χ2n) is 5.22. The smallest absolute Gasteiger partial charge is 0.338 e. The van der Waals surface area contributed by atoms with Crippen LogP contribution in [-0.2, 0) is 11.3 Å². The molecule has 0 bridgehead atoms. The fourth-order valence-electron chi connectivity index (χ4n) is 2.37.